The summed E-state index contributed by atoms with van der Waals surface area (Å²) in [6, 6.07) is -0.537. The molecule has 2 unspecified atom stereocenters. The standard InChI is InChI=1S/C49H95NO3/c1-3-5-7-9-11-13-15-17-19-21-23-25-27-29-31-33-35-37-39-41-43-45-49(53)50-47(46-51)48(52)44-42-40-38-36-34-32-30-28-26-24-22-20-18-16-14-12-10-8-6-4-2/h15,17,21,23,47-48,51-52H,3-14,16,18-20,22,24-46H2,1-2H3,(H,50,53)/b17-15-,23-21-. The largest absolute Gasteiger partial charge is 0.394 e. The molecule has 0 aliphatic heterocycles. The second-order valence-electron chi connectivity index (χ2n) is 16.5. The first kappa shape index (κ1) is 51.9. The summed E-state index contributed by atoms with van der Waals surface area (Å²) in [6.45, 7) is 4.37. The normalized spacial score (nSPS) is 13.1. The van der Waals surface area contributed by atoms with E-state index in [4.69, 9.17) is 0 Å². The van der Waals surface area contributed by atoms with Crippen molar-refractivity contribution < 1.29 is 15.0 Å². The minimum absolute atomic E-state index is 0.0329. The number of hydrogen-bond acceptors (Lipinski definition) is 3. The maximum absolute atomic E-state index is 12.4. The monoisotopic (exact) mass is 746 g/mol. The first-order chi connectivity index (χ1) is 26.2. The van der Waals surface area contributed by atoms with E-state index >= 15 is 0 Å². The van der Waals surface area contributed by atoms with Gasteiger partial charge in [-0.15, -0.1) is 0 Å². The smallest absolute Gasteiger partial charge is 0.220 e. The van der Waals surface area contributed by atoms with Gasteiger partial charge in [-0.3, -0.25) is 4.79 Å². The summed E-state index contributed by atoms with van der Waals surface area (Å²) < 4.78 is 0. The number of aliphatic hydroxyl groups is 2. The topological polar surface area (TPSA) is 69.6 Å². The van der Waals surface area contributed by atoms with Crippen LogP contribution in [0.5, 0.6) is 0 Å². The zero-order valence-corrected chi connectivity index (χ0v) is 36.1. The van der Waals surface area contributed by atoms with Crippen LogP contribution in [0, 0.1) is 0 Å². The molecule has 314 valence electrons. The average molecular weight is 746 g/mol. The molecule has 1 amide bonds. The number of carbonyl (C=O) groups excluding carboxylic acids is 1. The molecule has 3 N–H and O–H groups in total. The van der Waals surface area contributed by atoms with Crippen LogP contribution in [0.3, 0.4) is 0 Å². The van der Waals surface area contributed by atoms with Crippen molar-refractivity contribution >= 4 is 5.91 Å². The molecular weight excluding hydrogens is 651 g/mol. The fourth-order valence-corrected chi connectivity index (χ4v) is 7.51. The fourth-order valence-electron chi connectivity index (χ4n) is 7.51. The predicted octanol–water partition coefficient (Wildman–Crippen LogP) is 15.2. The summed E-state index contributed by atoms with van der Waals surface area (Å²) >= 11 is 0. The Morgan fingerprint density at radius 3 is 1.13 bits per heavy atom. The Morgan fingerprint density at radius 1 is 0.453 bits per heavy atom. The van der Waals surface area contributed by atoms with Gasteiger partial charge < -0.3 is 15.5 Å². The first-order valence-corrected chi connectivity index (χ1v) is 24.0. The molecule has 4 heteroatoms. The molecule has 0 spiro atoms. The zero-order chi connectivity index (χ0) is 38.6. The molecule has 0 bridgehead atoms. The Bertz CT molecular complexity index is 765. The molecule has 0 aliphatic carbocycles. The van der Waals surface area contributed by atoms with Gasteiger partial charge in [0.25, 0.3) is 0 Å². The highest BCUT2D eigenvalue weighted by atomic mass is 16.3. The van der Waals surface area contributed by atoms with E-state index in [2.05, 4.69) is 43.5 Å². The van der Waals surface area contributed by atoms with E-state index in [0.29, 0.717) is 12.8 Å². The summed E-state index contributed by atoms with van der Waals surface area (Å²) in [7, 11) is 0. The van der Waals surface area contributed by atoms with Crippen LogP contribution in [-0.4, -0.2) is 34.9 Å². The number of nitrogens with one attached hydrogen (secondary N) is 1. The van der Waals surface area contributed by atoms with E-state index in [9.17, 15) is 15.0 Å². The number of hydrogen-bond donors (Lipinski definition) is 3. The maximum atomic E-state index is 12.4. The predicted molar refractivity (Wildman–Crippen MR) is 235 cm³/mol. The molecule has 0 saturated carbocycles. The molecular formula is C49H95NO3. The Kier molecular flexibility index (Phi) is 44.3. The molecule has 0 aliphatic rings. The summed E-state index contributed by atoms with van der Waals surface area (Å²) in [5, 5.41) is 23.2. The van der Waals surface area contributed by atoms with Gasteiger partial charge in [0.05, 0.1) is 18.8 Å². The third-order valence-corrected chi connectivity index (χ3v) is 11.2. The van der Waals surface area contributed by atoms with Crippen molar-refractivity contribution in [2.24, 2.45) is 0 Å². The van der Waals surface area contributed by atoms with E-state index in [0.717, 1.165) is 32.1 Å². The van der Waals surface area contributed by atoms with Gasteiger partial charge in [0, 0.05) is 6.42 Å². The minimum Gasteiger partial charge on any atom is -0.394 e. The van der Waals surface area contributed by atoms with Crippen LogP contribution in [-0.2, 0) is 4.79 Å². The minimum atomic E-state index is -0.660. The van der Waals surface area contributed by atoms with Crippen LogP contribution in [0.4, 0.5) is 0 Å². The lowest BCUT2D eigenvalue weighted by Gasteiger charge is -2.22. The Hall–Kier alpha value is -1.13. The third-order valence-electron chi connectivity index (χ3n) is 11.2. The lowest BCUT2D eigenvalue weighted by molar-refractivity contribution is -0.123. The van der Waals surface area contributed by atoms with Gasteiger partial charge in [-0.25, -0.2) is 0 Å². The highest BCUT2D eigenvalue weighted by molar-refractivity contribution is 5.76. The zero-order valence-electron chi connectivity index (χ0n) is 36.1. The fraction of sp³-hybridized carbons (Fsp3) is 0.898. The molecule has 0 heterocycles. The molecule has 0 aromatic heterocycles. The highest BCUT2D eigenvalue weighted by Crippen LogP contribution is 2.17. The van der Waals surface area contributed by atoms with E-state index < -0.39 is 12.1 Å². The summed E-state index contributed by atoms with van der Waals surface area (Å²) in [6.07, 6.45) is 58.4. The molecule has 0 fully saturated rings. The van der Waals surface area contributed by atoms with Crippen LogP contribution < -0.4 is 5.32 Å². The molecule has 0 saturated heterocycles. The van der Waals surface area contributed by atoms with Crippen LogP contribution in [0.2, 0.25) is 0 Å². The van der Waals surface area contributed by atoms with Crippen molar-refractivity contribution in [3.8, 4) is 0 Å². The lowest BCUT2D eigenvalue weighted by atomic mass is 10.0. The molecule has 53 heavy (non-hydrogen) atoms. The molecule has 0 rings (SSSR count). The van der Waals surface area contributed by atoms with E-state index in [-0.39, 0.29) is 12.5 Å². The van der Waals surface area contributed by atoms with Gasteiger partial charge in [0.15, 0.2) is 0 Å². The molecule has 0 aromatic carbocycles. The van der Waals surface area contributed by atoms with Crippen LogP contribution >= 0.6 is 0 Å². The van der Waals surface area contributed by atoms with Crippen molar-refractivity contribution in [3.63, 3.8) is 0 Å². The third kappa shape index (κ3) is 41.9. The molecule has 4 nitrogen and oxygen atoms in total. The van der Waals surface area contributed by atoms with E-state index in [1.807, 2.05) is 0 Å². The van der Waals surface area contributed by atoms with Gasteiger partial charge in [-0.2, -0.15) is 0 Å². The number of allylic oxidation sites excluding steroid dienone is 4. The average Bonchev–Trinajstić information content (AvgIpc) is 3.16. The maximum Gasteiger partial charge on any atom is 0.220 e. The van der Waals surface area contributed by atoms with Crippen LogP contribution in [0.25, 0.3) is 0 Å². The molecule has 2 atom stereocenters. The number of aliphatic hydroxyl groups excluding tert-OH is 2. The molecule has 0 aromatic rings. The summed E-state index contributed by atoms with van der Waals surface area (Å²) in [5.41, 5.74) is 0. The highest BCUT2D eigenvalue weighted by Gasteiger charge is 2.20. The summed E-state index contributed by atoms with van der Waals surface area (Å²) in [4.78, 5) is 12.4. The van der Waals surface area contributed by atoms with Gasteiger partial charge in [0.2, 0.25) is 5.91 Å². The quantitative estimate of drug-likeness (QED) is 0.0430. The van der Waals surface area contributed by atoms with Crippen molar-refractivity contribution in [3.05, 3.63) is 24.3 Å². The van der Waals surface area contributed by atoms with Crippen molar-refractivity contribution in [2.45, 2.75) is 276 Å². The second-order valence-corrected chi connectivity index (χ2v) is 16.5. The van der Waals surface area contributed by atoms with Gasteiger partial charge in [-0.1, -0.05) is 237 Å². The summed E-state index contributed by atoms with van der Waals surface area (Å²) in [5.74, 6) is -0.0329. The Balaban J connectivity index is 3.49. The van der Waals surface area contributed by atoms with Gasteiger partial charge >= 0.3 is 0 Å². The van der Waals surface area contributed by atoms with Crippen LogP contribution in [0.1, 0.15) is 264 Å². The van der Waals surface area contributed by atoms with Crippen molar-refractivity contribution in [2.75, 3.05) is 6.61 Å². The number of carbonyl (C=O) groups is 1. The Morgan fingerprint density at radius 2 is 0.774 bits per heavy atom. The number of rotatable bonds is 44. The van der Waals surface area contributed by atoms with Crippen molar-refractivity contribution in [1.29, 1.82) is 0 Å². The van der Waals surface area contributed by atoms with E-state index in [1.165, 1.54) is 205 Å². The Labute approximate surface area is 332 Å². The molecule has 0 radical (unpaired) electrons. The van der Waals surface area contributed by atoms with Gasteiger partial charge in [-0.05, 0) is 44.9 Å². The second kappa shape index (κ2) is 45.3. The van der Waals surface area contributed by atoms with Gasteiger partial charge in [0.1, 0.15) is 0 Å². The number of amides is 1. The van der Waals surface area contributed by atoms with E-state index in [1.54, 1.807) is 0 Å². The first-order valence-electron chi connectivity index (χ1n) is 24.0. The SMILES string of the molecule is CCCCCCC/C=C\C/C=C\CCCCCCCCCCCC(=O)NC(CO)C(O)CCCCCCCCCCCCCCCCCCCCCC. The lowest BCUT2D eigenvalue weighted by Crippen LogP contribution is -2.45. The van der Waals surface area contributed by atoms with Crippen molar-refractivity contribution in [1.82, 2.24) is 5.32 Å². The van der Waals surface area contributed by atoms with Crippen LogP contribution in [0.15, 0.2) is 24.3 Å². The number of unbranched alkanes of at least 4 members (excludes halogenated alkanes) is 33.